The number of H-pyrrole nitrogens is 1. The Balaban J connectivity index is 1.75. The summed E-state index contributed by atoms with van der Waals surface area (Å²) in [5.41, 5.74) is 1.57. The summed E-state index contributed by atoms with van der Waals surface area (Å²) in [5.74, 6) is 0.658. The second kappa shape index (κ2) is 5.81. The van der Waals surface area contributed by atoms with Crippen molar-refractivity contribution in [2.45, 2.75) is 25.7 Å². The SMILES string of the molecule is O=C(c1ccc(-c2nn[nH]n2)cc1)N1CCCCCC1. The molecule has 1 aliphatic heterocycles. The highest BCUT2D eigenvalue weighted by molar-refractivity contribution is 5.94. The van der Waals surface area contributed by atoms with Gasteiger partial charge in [-0.1, -0.05) is 25.0 Å². The third-order valence-electron chi connectivity index (χ3n) is 3.63. The van der Waals surface area contributed by atoms with Crippen LogP contribution in [0.4, 0.5) is 0 Å². The smallest absolute Gasteiger partial charge is 0.253 e. The largest absolute Gasteiger partial charge is 0.339 e. The van der Waals surface area contributed by atoms with Gasteiger partial charge in [0.25, 0.3) is 5.91 Å². The first-order valence-electron chi connectivity index (χ1n) is 6.98. The molecule has 1 fully saturated rings. The molecular formula is C14H17N5O. The van der Waals surface area contributed by atoms with Crippen LogP contribution in [0, 0.1) is 0 Å². The molecule has 1 N–H and O–H groups in total. The van der Waals surface area contributed by atoms with Gasteiger partial charge in [-0.3, -0.25) is 4.79 Å². The molecule has 2 aromatic rings. The molecule has 1 saturated heterocycles. The van der Waals surface area contributed by atoms with E-state index in [1.54, 1.807) is 0 Å². The topological polar surface area (TPSA) is 74.8 Å². The van der Waals surface area contributed by atoms with Crippen molar-refractivity contribution in [2.75, 3.05) is 13.1 Å². The predicted octanol–water partition coefficient (Wildman–Crippen LogP) is 1.88. The van der Waals surface area contributed by atoms with E-state index in [-0.39, 0.29) is 5.91 Å². The first kappa shape index (κ1) is 12.8. The summed E-state index contributed by atoms with van der Waals surface area (Å²) >= 11 is 0. The van der Waals surface area contributed by atoms with Crippen molar-refractivity contribution in [1.29, 1.82) is 0 Å². The minimum atomic E-state index is 0.117. The van der Waals surface area contributed by atoms with Gasteiger partial charge in [-0.2, -0.15) is 5.21 Å². The summed E-state index contributed by atoms with van der Waals surface area (Å²) in [6.45, 7) is 1.73. The number of aromatic amines is 1. The van der Waals surface area contributed by atoms with Crippen LogP contribution in [0.25, 0.3) is 11.4 Å². The Morgan fingerprint density at radius 3 is 2.35 bits per heavy atom. The van der Waals surface area contributed by atoms with Crippen LogP contribution in [0.5, 0.6) is 0 Å². The van der Waals surface area contributed by atoms with Gasteiger partial charge in [-0.05, 0) is 30.2 Å². The number of hydrogen-bond acceptors (Lipinski definition) is 4. The molecule has 6 heteroatoms. The fourth-order valence-electron chi connectivity index (χ4n) is 2.50. The van der Waals surface area contributed by atoms with E-state index in [2.05, 4.69) is 20.6 Å². The van der Waals surface area contributed by atoms with Crippen molar-refractivity contribution >= 4 is 5.91 Å². The molecule has 1 aromatic carbocycles. The number of hydrogen-bond donors (Lipinski definition) is 1. The lowest BCUT2D eigenvalue weighted by molar-refractivity contribution is 0.0761. The number of amides is 1. The molecule has 3 rings (SSSR count). The van der Waals surface area contributed by atoms with Crippen LogP contribution in [0.15, 0.2) is 24.3 Å². The number of nitrogens with zero attached hydrogens (tertiary/aromatic N) is 4. The molecule has 1 amide bonds. The van der Waals surface area contributed by atoms with Crippen LogP contribution in [-0.4, -0.2) is 44.5 Å². The maximum Gasteiger partial charge on any atom is 0.253 e. The number of carbonyl (C=O) groups excluding carboxylic acids is 1. The van der Waals surface area contributed by atoms with Crippen LogP contribution in [0.1, 0.15) is 36.0 Å². The molecule has 0 saturated carbocycles. The molecule has 0 aliphatic carbocycles. The van der Waals surface area contributed by atoms with E-state index in [1.165, 1.54) is 12.8 Å². The van der Waals surface area contributed by atoms with Gasteiger partial charge in [0.1, 0.15) is 0 Å². The fraction of sp³-hybridized carbons (Fsp3) is 0.429. The van der Waals surface area contributed by atoms with Crippen LogP contribution in [0.3, 0.4) is 0 Å². The van der Waals surface area contributed by atoms with Crippen molar-refractivity contribution in [1.82, 2.24) is 25.5 Å². The van der Waals surface area contributed by atoms with Crippen LogP contribution < -0.4 is 0 Å². The maximum atomic E-state index is 12.4. The summed E-state index contributed by atoms with van der Waals surface area (Å²) in [7, 11) is 0. The highest BCUT2D eigenvalue weighted by Gasteiger charge is 2.17. The Morgan fingerprint density at radius 2 is 1.75 bits per heavy atom. The highest BCUT2D eigenvalue weighted by Crippen LogP contribution is 2.17. The summed E-state index contributed by atoms with van der Waals surface area (Å²) in [6, 6.07) is 7.38. The van der Waals surface area contributed by atoms with Gasteiger partial charge in [0.15, 0.2) is 0 Å². The van der Waals surface area contributed by atoms with Gasteiger partial charge in [0, 0.05) is 24.2 Å². The van der Waals surface area contributed by atoms with Crippen molar-refractivity contribution in [3.05, 3.63) is 29.8 Å². The van der Waals surface area contributed by atoms with Gasteiger partial charge in [0.05, 0.1) is 0 Å². The summed E-state index contributed by atoms with van der Waals surface area (Å²) in [6.07, 6.45) is 4.65. The minimum absolute atomic E-state index is 0.117. The van der Waals surface area contributed by atoms with Gasteiger partial charge >= 0.3 is 0 Å². The van der Waals surface area contributed by atoms with Gasteiger partial charge < -0.3 is 4.90 Å². The Labute approximate surface area is 117 Å². The van der Waals surface area contributed by atoms with E-state index < -0.39 is 0 Å². The van der Waals surface area contributed by atoms with Gasteiger partial charge in [-0.25, -0.2) is 0 Å². The fourth-order valence-corrected chi connectivity index (χ4v) is 2.50. The quantitative estimate of drug-likeness (QED) is 0.905. The lowest BCUT2D eigenvalue weighted by Gasteiger charge is -2.20. The molecule has 104 valence electrons. The maximum absolute atomic E-state index is 12.4. The molecule has 1 aromatic heterocycles. The Bertz CT molecular complexity index is 556. The average molecular weight is 271 g/mol. The molecule has 6 nitrogen and oxygen atoms in total. The molecule has 0 atom stereocenters. The summed E-state index contributed by atoms with van der Waals surface area (Å²) in [4.78, 5) is 14.4. The summed E-state index contributed by atoms with van der Waals surface area (Å²) < 4.78 is 0. The Morgan fingerprint density at radius 1 is 1.05 bits per heavy atom. The monoisotopic (exact) mass is 271 g/mol. The number of aromatic nitrogens is 4. The molecule has 1 aliphatic rings. The van der Waals surface area contributed by atoms with E-state index in [1.807, 2.05) is 29.2 Å². The molecule has 0 unspecified atom stereocenters. The van der Waals surface area contributed by atoms with Crippen LogP contribution in [0.2, 0.25) is 0 Å². The molecule has 20 heavy (non-hydrogen) atoms. The Kier molecular flexibility index (Phi) is 3.71. The van der Waals surface area contributed by atoms with Gasteiger partial charge in [0.2, 0.25) is 5.82 Å². The zero-order valence-electron chi connectivity index (χ0n) is 11.2. The van der Waals surface area contributed by atoms with Gasteiger partial charge in [-0.15, -0.1) is 10.2 Å². The molecule has 0 radical (unpaired) electrons. The number of benzene rings is 1. The van der Waals surface area contributed by atoms with Crippen molar-refractivity contribution in [2.24, 2.45) is 0 Å². The molecule has 0 bridgehead atoms. The number of rotatable bonds is 2. The third-order valence-corrected chi connectivity index (χ3v) is 3.63. The number of nitrogens with one attached hydrogen (secondary N) is 1. The van der Waals surface area contributed by atoms with E-state index >= 15 is 0 Å². The predicted molar refractivity (Wildman–Crippen MR) is 74.0 cm³/mol. The van der Waals surface area contributed by atoms with Crippen molar-refractivity contribution in [3.63, 3.8) is 0 Å². The second-order valence-electron chi connectivity index (χ2n) is 5.02. The molecule has 0 spiro atoms. The number of carbonyl (C=O) groups is 1. The standard InChI is InChI=1S/C14H17N5O/c20-14(19-9-3-1-2-4-10-19)12-7-5-11(6-8-12)13-15-17-18-16-13/h5-8H,1-4,9-10H2,(H,15,16,17,18). The first-order chi connectivity index (χ1) is 9.84. The average Bonchev–Trinajstić information content (AvgIpc) is 2.89. The van der Waals surface area contributed by atoms with Crippen LogP contribution in [-0.2, 0) is 0 Å². The van der Waals surface area contributed by atoms with Crippen molar-refractivity contribution < 1.29 is 4.79 Å². The second-order valence-corrected chi connectivity index (χ2v) is 5.02. The normalized spacial score (nSPS) is 15.9. The zero-order valence-corrected chi connectivity index (χ0v) is 11.2. The zero-order chi connectivity index (χ0) is 13.8. The van der Waals surface area contributed by atoms with Crippen molar-refractivity contribution in [3.8, 4) is 11.4 Å². The van der Waals surface area contributed by atoms with E-state index in [9.17, 15) is 4.79 Å². The van der Waals surface area contributed by atoms with E-state index in [0.29, 0.717) is 5.82 Å². The Hall–Kier alpha value is -2.24. The molecular weight excluding hydrogens is 254 g/mol. The lowest BCUT2D eigenvalue weighted by Crippen LogP contribution is -2.31. The molecule has 2 heterocycles. The van der Waals surface area contributed by atoms with E-state index in [0.717, 1.165) is 37.1 Å². The number of tetrazole rings is 1. The number of likely N-dealkylation sites (tertiary alicyclic amines) is 1. The van der Waals surface area contributed by atoms with E-state index in [4.69, 9.17) is 0 Å². The third kappa shape index (κ3) is 2.68. The van der Waals surface area contributed by atoms with Crippen LogP contribution >= 0.6 is 0 Å². The minimum Gasteiger partial charge on any atom is -0.339 e. The summed E-state index contributed by atoms with van der Waals surface area (Å²) in [5, 5.41) is 13.8. The lowest BCUT2D eigenvalue weighted by atomic mass is 10.1. The highest BCUT2D eigenvalue weighted by atomic mass is 16.2. The first-order valence-corrected chi connectivity index (χ1v) is 6.98.